The fourth-order valence-electron chi connectivity index (χ4n) is 1.42. The van der Waals surface area contributed by atoms with E-state index in [1.807, 2.05) is 0 Å². The number of halogens is 4. The average Bonchev–Trinajstić information content (AvgIpc) is 2.67. The third-order valence-corrected chi connectivity index (χ3v) is 2.22. The number of hydrogen-bond acceptors (Lipinski definition) is 3. The highest BCUT2D eigenvalue weighted by molar-refractivity contribution is 5.13. The summed E-state index contributed by atoms with van der Waals surface area (Å²) in [6.45, 7) is 0.0939. The first-order valence-corrected chi connectivity index (χ1v) is 4.84. The van der Waals surface area contributed by atoms with Gasteiger partial charge < -0.3 is 14.5 Å². The molecule has 1 heterocycles. The first-order valence-electron chi connectivity index (χ1n) is 4.84. The van der Waals surface area contributed by atoms with Crippen molar-refractivity contribution in [3.8, 4) is 0 Å². The second-order valence-corrected chi connectivity index (χ2v) is 3.43. The van der Waals surface area contributed by atoms with Gasteiger partial charge in [-0.3, -0.25) is 0 Å². The zero-order valence-electron chi connectivity index (χ0n) is 9.34. The molecule has 0 aliphatic heterocycles. The Morgan fingerprint density at radius 2 is 2.06 bits per heavy atom. The van der Waals surface area contributed by atoms with Crippen molar-refractivity contribution in [1.82, 2.24) is 5.32 Å². The Hall–Kier alpha value is -1.08. The monoisotopic (exact) mass is 255 g/mol. The summed E-state index contributed by atoms with van der Waals surface area (Å²) >= 11 is 0. The molecule has 1 aromatic rings. The second kappa shape index (κ2) is 5.50. The van der Waals surface area contributed by atoms with Crippen LogP contribution in [0.2, 0.25) is 0 Å². The van der Waals surface area contributed by atoms with Crippen molar-refractivity contribution in [2.24, 2.45) is 0 Å². The van der Waals surface area contributed by atoms with Crippen LogP contribution in [0.25, 0.3) is 0 Å². The highest BCUT2D eigenvalue weighted by Crippen LogP contribution is 2.37. The van der Waals surface area contributed by atoms with Gasteiger partial charge in [0.2, 0.25) is 0 Å². The maximum atomic E-state index is 13.2. The highest BCUT2D eigenvalue weighted by atomic mass is 19.3. The van der Waals surface area contributed by atoms with Gasteiger partial charge in [0.1, 0.15) is 24.2 Å². The highest BCUT2D eigenvalue weighted by Gasteiger charge is 2.50. The molecule has 3 nitrogen and oxygen atoms in total. The Kier molecular flexibility index (Phi) is 4.53. The van der Waals surface area contributed by atoms with Crippen LogP contribution in [-0.2, 0) is 11.3 Å². The molecule has 0 bridgehead atoms. The van der Waals surface area contributed by atoms with Gasteiger partial charge in [-0.1, -0.05) is 0 Å². The smallest absolute Gasteiger partial charge is 0.329 e. The molecule has 1 atom stereocenters. The lowest BCUT2D eigenvalue weighted by atomic mass is 10.1. The van der Waals surface area contributed by atoms with Crippen molar-refractivity contribution in [3.05, 3.63) is 23.7 Å². The summed E-state index contributed by atoms with van der Waals surface area (Å²) < 4.78 is 60.6. The van der Waals surface area contributed by atoms with Crippen molar-refractivity contribution in [2.75, 3.05) is 14.2 Å². The first kappa shape index (κ1) is 14.0. The van der Waals surface area contributed by atoms with E-state index < -0.39 is 18.4 Å². The Morgan fingerprint density at radius 1 is 1.41 bits per heavy atom. The quantitative estimate of drug-likeness (QED) is 0.793. The maximum absolute atomic E-state index is 13.2. The number of ether oxygens (including phenoxy) is 1. The van der Waals surface area contributed by atoms with E-state index in [9.17, 15) is 17.6 Å². The Labute approximate surface area is 95.7 Å². The molecule has 1 N–H and O–H groups in total. The third kappa shape index (κ3) is 2.98. The molecule has 98 valence electrons. The minimum atomic E-state index is -4.20. The summed E-state index contributed by atoms with van der Waals surface area (Å²) in [7, 11) is 2.57. The van der Waals surface area contributed by atoms with Gasteiger partial charge in [-0.15, -0.1) is 0 Å². The average molecular weight is 255 g/mol. The Bertz CT molecular complexity index is 354. The van der Waals surface area contributed by atoms with E-state index in [0.717, 1.165) is 0 Å². The SMILES string of the molecule is CNC(c1ccc(COC)o1)C(F)(F)C(F)F. The molecular weight excluding hydrogens is 242 g/mol. The number of rotatable bonds is 6. The molecule has 0 fully saturated rings. The molecule has 0 aliphatic rings. The topological polar surface area (TPSA) is 34.4 Å². The van der Waals surface area contributed by atoms with Crippen LogP contribution >= 0.6 is 0 Å². The maximum Gasteiger partial charge on any atom is 0.329 e. The fourth-order valence-corrected chi connectivity index (χ4v) is 1.42. The number of hydrogen-bond donors (Lipinski definition) is 1. The molecule has 0 amide bonds. The van der Waals surface area contributed by atoms with Gasteiger partial charge in [-0.2, -0.15) is 8.78 Å². The van der Waals surface area contributed by atoms with Crippen LogP contribution in [0.15, 0.2) is 16.5 Å². The van der Waals surface area contributed by atoms with E-state index in [1.165, 1.54) is 26.3 Å². The van der Waals surface area contributed by atoms with Gasteiger partial charge in [0.15, 0.2) is 0 Å². The predicted molar refractivity (Wildman–Crippen MR) is 52.2 cm³/mol. The van der Waals surface area contributed by atoms with E-state index in [4.69, 9.17) is 9.15 Å². The number of nitrogens with one attached hydrogen (secondary N) is 1. The van der Waals surface area contributed by atoms with Crippen molar-refractivity contribution >= 4 is 0 Å². The van der Waals surface area contributed by atoms with Gasteiger partial charge in [0, 0.05) is 7.11 Å². The van der Waals surface area contributed by atoms with Crippen LogP contribution in [0.1, 0.15) is 17.6 Å². The second-order valence-electron chi connectivity index (χ2n) is 3.43. The minimum Gasteiger partial charge on any atom is -0.462 e. The van der Waals surface area contributed by atoms with Crippen LogP contribution < -0.4 is 5.32 Å². The zero-order chi connectivity index (χ0) is 13.1. The minimum absolute atomic E-state index is 0.0939. The van der Waals surface area contributed by atoms with Crippen LogP contribution in [0.3, 0.4) is 0 Å². The molecule has 1 aromatic heterocycles. The summed E-state index contributed by atoms with van der Waals surface area (Å²) in [4.78, 5) is 0. The molecule has 0 aliphatic carbocycles. The van der Waals surface area contributed by atoms with Gasteiger partial charge in [0.25, 0.3) is 0 Å². The number of methoxy groups -OCH3 is 1. The van der Waals surface area contributed by atoms with Crippen molar-refractivity contribution in [3.63, 3.8) is 0 Å². The van der Waals surface area contributed by atoms with Gasteiger partial charge >= 0.3 is 12.3 Å². The van der Waals surface area contributed by atoms with E-state index in [2.05, 4.69) is 5.32 Å². The van der Waals surface area contributed by atoms with Gasteiger partial charge in [0.05, 0.1) is 0 Å². The molecule has 0 spiro atoms. The van der Waals surface area contributed by atoms with E-state index >= 15 is 0 Å². The standard InChI is InChI=1S/C10H13F4NO2/c1-15-8(10(13,14)9(11)12)7-4-3-6(17-7)5-16-2/h3-4,8-9,15H,5H2,1-2H3. The lowest BCUT2D eigenvalue weighted by Gasteiger charge is -2.23. The molecule has 0 radical (unpaired) electrons. The van der Waals surface area contributed by atoms with E-state index in [-0.39, 0.29) is 12.4 Å². The van der Waals surface area contributed by atoms with Crippen molar-refractivity contribution < 1.29 is 26.7 Å². The lowest BCUT2D eigenvalue weighted by molar-refractivity contribution is -0.153. The summed E-state index contributed by atoms with van der Waals surface area (Å²) in [5.74, 6) is -4.14. The summed E-state index contributed by atoms with van der Waals surface area (Å²) in [6.07, 6.45) is -3.77. The third-order valence-electron chi connectivity index (χ3n) is 2.22. The van der Waals surface area contributed by atoms with Crippen LogP contribution in [0.4, 0.5) is 17.6 Å². The molecule has 1 unspecified atom stereocenters. The summed E-state index contributed by atoms with van der Waals surface area (Å²) in [5.41, 5.74) is 0. The van der Waals surface area contributed by atoms with Crippen molar-refractivity contribution in [2.45, 2.75) is 25.0 Å². The summed E-state index contributed by atoms with van der Waals surface area (Å²) in [6, 6.07) is 0.768. The molecule has 7 heteroatoms. The van der Waals surface area contributed by atoms with Crippen molar-refractivity contribution in [1.29, 1.82) is 0 Å². The Morgan fingerprint density at radius 3 is 2.53 bits per heavy atom. The van der Waals surface area contributed by atoms with Crippen LogP contribution in [0.5, 0.6) is 0 Å². The normalized spacial score (nSPS) is 14.3. The van der Waals surface area contributed by atoms with E-state index in [1.54, 1.807) is 0 Å². The molecule has 17 heavy (non-hydrogen) atoms. The van der Waals surface area contributed by atoms with Gasteiger partial charge in [-0.25, -0.2) is 8.78 Å². The fraction of sp³-hybridized carbons (Fsp3) is 0.600. The molecule has 0 aromatic carbocycles. The first-order chi connectivity index (χ1) is 7.93. The summed E-state index contributed by atoms with van der Waals surface area (Å²) in [5, 5.41) is 2.13. The van der Waals surface area contributed by atoms with Gasteiger partial charge in [-0.05, 0) is 19.2 Å². The lowest BCUT2D eigenvalue weighted by Crippen LogP contribution is -2.40. The van der Waals surface area contributed by atoms with E-state index in [0.29, 0.717) is 5.76 Å². The Balaban J connectivity index is 2.93. The largest absolute Gasteiger partial charge is 0.462 e. The molecular formula is C10H13F4NO2. The molecule has 0 saturated heterocycles. The van der Waals surface area contributed by atoms with Crippen LogP contribution in [0, 0.1) is 0 Å². The number of alkyl halides is 4. The van der Waals surface area contributed by atoms with Crippen LogP contribution in [-0.4, -0.2) is 26.5 Å². The zero-order valence-corrected chi connectivity index (χ0v) is 9.34. The molecule has 1 rings (SSSR count). The number of furan rings is 1. The molecule has 0 saturated carbocycles. The predicted octanol–water partition coefficient (Wildman–Crippen LogP) is 2.59.